The number of para-hydroxylation sites is 1. The van der Waals surface area contributed by atoms with Crippen LogP contribution in [0.4, 0.5) is 16.2 Å². The Morgan fingerprint density at radius 3 is 2.18 bits per heavy atom. The second-order valence-corrected chi connectivity index (χ2v) is 7.06. The number of nitrogens with zero attached hydrogens (tertiary/aromatic N) is 1. The summed E-state index contributed by atoms with van der Waals surface area (Å²) >= 11 is 1.52. The summed E-state index contributed by atoms with van der Waals surface area (Å²) in [7, 11) is 0. The lowest BCUT2D eigenvalue weighted by atomic mass is 10.2. The van der Waals surface area contributed by atoms with Crippen molar-refractivity contribution in [1.29, 1.82) is 0 Å². The van der Waals surface area contributed by atoms with Crippen molar-refractivity contribution in [2.24, 2.45) is 4.99 Å². The predicted octanol–water partition coefficient (Wildman–Crippen LogP) is 5.24. The van der Waals surface area contributed by atoms with Crippen LogP contribution in [0.25, 0.3) is 0 Å². The van der Waals surface area contributed by atoms with E-state index in [1.54, 1.807) is 0 Å². The fraction of sp³-hybridized carbons (Fsp3) is 0.0909. The predicted molar refractivity (Wildman–Crippen MR) is 118 cm³/mol. The topological polar surface area (TPSA) is 65.5 Å². The van der Waals surface area contributed by atoms with Crippen molar-refractivity contribution in [1.82, 2.24) is 10.9 Å². The number of anilines is 1. The van der Waals surface area contributed by atoms with Crippen LogP contribution < -0.4 is 16.2 Å². The minimum absolute atomic E-state index is 0.358. The first-order chi connectivity index (χ1) is 13.7. The highest BCUT2D eigenvalue weighted by atomic mass is 32.2. The zero-order chi connectivity index (χ0) is 19.6. The maximum absolute atomic E-state index is 12.1. The van der Waals surface area contributed by atoms with Gasteiger partial charge >= 0.3 is 6.03 Å². The minimum atomic E-state index is -0.358. The summed E-state index contributed by atoms with van der Waals surface area (Å²) < 4.78 is 0. The van der Waals surface area contributed by atoms with Gasteiger partial charge in [-0.3, -0.25) is 5.43 Å². The smallest absolute Gasteiger partial charge is 0.307 e. The van der Waals surface area contributed by atoms with Crippen molar-refractivity contribution >= 4 is 34.3 Å². The number of hydrazine groups is 1. The molecule has 0 atom stereocenters. The first-order valence-electron chi connectivity index (χ1n) is 8.89. The van der Waals surface area contributed by atoms with Crippen molar-refractivity contribution in [3.63, 3.8) is 0 Å². The molecule has 0 heterocycles. The lowest BCUT2D eigenvalue weighted by Gasteiger charge is -2.12. The van der Waals surface area contributed by atoms with Crippen LogP contribution in [0.3, 0.4) is 0 Å². The molecule has 5 nitrogen and oxygen atoms in total. The van der Waals surface area contributed by atoms with Crippen LogP contribution in [-0.2, 0) is 5.75 Å². The molecule has 0 saturated carbocycles. The molecular formula is C22H22N4OS. The van der Waals surface area contributed by atoms with Gasteiger partial charge in [-0.2, -0.15) is 0 Å². The van der Waals surface area contributed by atoms with Gasteiger partial charge in [-0.05, 0) is 36.8 Å². The van der Waals surface area contributed by atoms with Crippen LogP contribution in [0.15, 0.2) is 89.9 Å². The number of aryl methyl sites for hydroxylation is 1. The average Bonchev–Trinajstić information content (AvgIpc) is 2.73. The molecule has 2 amide bonds. The molecule has 0 aliphatic heterocycles. The molecule has 0 saturated heterocycles. The summed E-state index contributed by atoms with van der Waals surface area (Å²) in [6, 6.07) is 27.0. The summed E-state index contributed by atoms with van der Waals surface area (Å²) in [5.41, 5.74) is 9.46. The van der Waals surface area contributed by atoms with Crippen LogP contribution in [0.2, 0.25) is 0 Å². The lowest BCUT2D eigenvalue weighted by Crippen LogP contribution is -2.42. The van der Waals surface area contributed by atoms with Gasteiger partial charge in [-0.25, -0.2) is 15.2 Å². The van der Waals surface area contributed by atoms with Gasteiger partial charge in [0.15, 0.2) is 5.17 Å². The molecule has 0 unspecified atom stereocenters. The van der Waals surface area contributed by atoms with E-state index in [0.717, 1.165) is 17.1 Å². The molecule has 6 heteroatoms. The molecule has 3 rings (SSSR count). The van der Waals surface area contributed by atoms with E-state index in [0.29, 0.717) is 5.17 Å². The number of rotatable bonds is 4. The standard InChI is InChI=1S/C22H22N4OS/c1-17-12-14-20(15-13-17)24-22(28-16-18-8-4-2-5-9-18)26-25-21(27)23-19-10-6-3-7-11-19/h2-15H,16H2,1H3,(H,24,26)(H2,23,25,27). The third kappa shape index (κ3) is 6.48. The number of nitrogens with one attached hydrogen (secondary N) is 3. The normalized spacial score (nSPS) is 11.0. The summed E-state index contributed by atoms with van der Waals surface area (Å²) in [5, 5.41) is 3.37. The highest BCUT2D eigenvalue weighted by molar-refractivity contribution is 8.13. The van der Waals surface area contributed by atoms with E-state index in [2.05, 4.69) is 33.3 Å². The van der Waals surface area contributed by atoms with Gasteiger partial charge in [0, 0.05) is 11.4 Å². The van der Waals surface area contributed by atoms with E-state index in [-0.39, 0.29) is 6.03 Å². The van der Waals surface area contributed by atoms with Crippen LogP contribution in [0.5, 0.6) is 0 Å². The monoisotopic (exact) mass is 390 g/mol. The molecule has 0 aliphatic rings. The number of carbonyl (C=O) groups is 1. The molecule has 0 bridgehead atoms. The van der Waals surface area contributed by atoms with Crippen molar-refractivity contribution in [2.75, 3.05) is 5.32 Å². The maximum atomic E-state index is 12.1. The summed E-state index contributed by atoms with van der Waals surface area (Å²) in [4.78, 5) is 16.8. The lowest BCUT2D eigenvalue weighted by molar-refractivity contribution is 0.250. The van der Waals surface area contributed by atoms with Gasteiger partial charge < -0.3 is 5.32 Å². The Kier molecular flexibility index (Phi) is 7.09. The Balaban J connectivity index is 1.64. The molecule has 0 aliphatic carbocycles. The SMILES string of the molecule is Cc1ccc(N=C(NNC(=O)Nc2ccccc2)SCc2ccccc2)cc1. The molecule has 3 aromatic rings. The fourth-order valence-electron chi connectivity index (χ4n) is 2.35. The first-order valence-corrected chi connectivity index (χ1v) is 9.88. The van der Waals surface area contributed by atoms with Crippen molar-refractivity contribution < 1.29 is 4.79 Å². The summed E-state index contributed by atoms with van der Waals surface area (Å²) in [5.74, 6) is 0.737. The van der Waals surface area contributed by atoms with Crippen molar-refractivity contribution in [3.05, 3.63) is 96.1 Å². The van der Waals surface area contributed by atoms with Gasteiger partial charge in [0.05, 0.1) is 5.69 Å². The highest BCUT2D eigenvalue weighted by Crippen LogP contribution is 2.18. The van der Waals surface area contributed by atoms with Gasteiger partial charge in [-0.1, -0.05) is 78.0 Å². The van der Waals surface area contributed by atoms with E-state index >= 15 is 0 Å². The number of benzene rings is 3. The number of carbonyl (C=O) groups excluding carboxylic acids is 1. The number of aliphatic imine (C=N–C) groups is 1. The van der Waals surface area contributed by atoms with Gasteiger partial charge in [0.1, 0.15) is 0 Å². The number of hydrogen-bond donors (Lipinski definition) is 3. The van der Waals surface area contributed by atoms with E-state index < -0.39 is 0 Å². The molecule has 0 fully saturated rings. The number of hydrogen-bond acceptors (Lipinski definition) is 3. The van der Waals surface area contributed by atoms with Gasteiger partial charge in [0.2, 0.25) is 0 Å². The Bertz CT molecular complexity index is 912. The minimum Gasteiger partial charge on any atom is -0.307 e. The fourth-order valence-corrected chi connectivity index (χ4v) is 3.14. The number of amidine groups is 1. The van der Waals surface area contributed by atoms with E-state index in [4.69, 9.17) is 0 Å². The third-order valence-electron chi connectivity index (χ3n) is 3.80. The molecule has 3 aromatic carbocycles. The molecular weight excluding hydrogens is 368 g/mol. The number of urea groups is 1. The zero-order valence-electron chi connectivity index (χ0n) is 15.6. The van der Waals surface area contributed by atoms with Crippen molar-refractivity contribution in [3.8, 4) is 0 Å². The second kappa shape index (κ2) is 10.2. The Morgan fingerprint density at radius 2 is 1.50 bits per heavy atom. The van der Waals surface area contributed by atoms with E-state index in [1.165, 1.54) is 22.9 Å². The summed E-state index contributed by atoms with van der Waals surface area (Å²) in [6.45, 7) is 2.03. The van der Waals surface area contributed by atoms with E-state index in [1.807, 2.05) is 79.7 Å². The van der Waals surface area contributed by atoms with Crippen LogP contribution in [-0.4, -0.2) is 11.2 Å². The Morgan fingerprint density at radius 1 is 0.857 bits per heavy atom. The maximum Gasteiger partial charge on any atom is 0.337 e. The number of amides is 2. The van der Waals surface area contributed by atoms with Crippen molar-refractivity contribution in [2.45, 2.75) is 12.7 Å². The molecule has 0 aromatic heterocycles. The molecule has 3 N–H and O–H groups in total. The highest BCUT2D eigenvalue weighted by Gasteiger charge is 2.06. The van der Waals surface area contributed by atoms with Crippen LogP contribution in [0.1, 0.15) is 11.1 Å². The van der Waals surface area contributed by atoms with Crippen LogP contribution >= 0.6 is 11.8 Å². The Labute approximate surface area is 169 Å². The average molecular weight is 391 g/mol. The van der Waals surface area contributed by atoms with Gasteiger partial charge in [0.25, 0.3) is 0 Å². The molecule has 0 radical (unpaired) electrons. The number of thioether (sulfide) groups is 1. The molecule has 0 spiro atoms. The van der Waals surface area contributed by atoms with Gasteiger partial charge in [-0.15, -0.1) is 0 Å². The summed E-state index contributed by atoms with van der Waals surface area (Å²) in [6.07, 6.45) is 0. The Hall–Kier alpha value is -3.25. The van der Waals surface area contributed by atoms with E-state index in [9.17, 15) is 4.79 Å². The second-order valence-electron chi connectivity index (χ2n) is 6.10. The molecule has 142 valence electrons. The first kappa shape index (κ1) is 19.5. The van der Waals surface area contributed by atoms with Crippen LogP contribution in [0, 0.1) is 6.92 Å². The molecule has 28 heavy (non-hydrogen) atoms. The zero-order valence-corrected chi connectivity index (χ0v) is 16.4. The quantitative estimate of drug-likeness (QED) is 0.324. The largest absolute Gasteiger partial charge is 0.337 e. The third-order valence-corrected chi connectivity index (χ3v) is 4.74.